The first-order valence-electron chi connectivity index (χ1n) is 9.31. The summed E-state index contributed by atoms with van der Waals surface area (Å²) in [5.74, 6) is -0.122. The van der Waals surface area contributed by atoms with Gasteiger partial charge in [-0.05, 0) is 13.0 Å². The molecule has 0 unspecified atom stereocenters. The smallest absolute Gasteiger partial charge is 0.125 e. The highest BCUT2D eigenvalue weighted by Crippen LogP contribution is 2.16. The molecule has 1 saturated heterocycles. The van der Waals surface area contributed by atoms with E-state index in [1.807, 2.05) is 0 Å². The molecule has 4 nitrogen and oxygen atoms in total. The molecule has 0 aromatic carbocycles. The van der Waals surface area contributed by atoms with Crippen molar-refractivity contribution in [3.63, 3.8) is 0 Å². The standard InChI is InChI=1S/C10H16N4/c1-13-4-6-14(7-5-13)9-2-3-12-10(11)8-9/h2-3,8H,4-7H2,1H3,(H2,11,12)/i1D3,4D2,5D2,6D2,7D2. The minimum atomic E-state index is -3.43. The summed E-state index contributed by atoms with van der Waals surface area (Å²) >= 11 is 0. The predicted octanol–water partition coefficient (Wildman–Crippen LogP) is 0.416. The van der Waals surface area contributed by atoms with Crippen LogP contribution in [0.4, 0.5) is 11.5 Å². The second-order valence-corrected chi connectivity index (χ2v) is 2.56. The van der Waals surface area contributed by atoms with Gasteiger partial charge in [-0.1, -0.05) is 0 Å². The van der Waals surface area contributed by atoms with Gasteiger partial charge in [-0.3, -0.25) is 0 Å². The molecule has 0 spiro atoms. The van der Waals surface area contributed by atoms with Gasteiger partial charge in [-0.15, -0.1) is 0 Å². The third-order valence-electron chi connectivity index (χ3n) is 1.57. The molecule has 0 bridgehead atoms. The maximum absolute atomic E-state index is 8.09. The van der Waals surface area contributed by atoms with Crippen molar-refractivity contribution >= 4 is 11.5 Å². The Morgan fingerprint density at radius 2 is 2.29 bits per heavy atom. The zero-order valence-corrected chi connectivity index (χ0v) is 7.15. The Balaban J connectivity index is 2.80. The van der Waals surface area contributed by atoms with Crippen LogP contribution >= 0.6 is 0 Å². The third kappa shape index (κ3) is 1.96. The van der Waals surface area contributed by atoms with E-state index in [1.165, 1.54) is 0 Å². The number of nitrogens with zero attached hydrogens (tertiary/aromatic N) is 3. The summed E-state index contributed by atoms with van der Waals surface area (Å²) in [6.45, 7) is -16.8. The van der Waals surface area contributed by atoms with E-state index in [2.05, 4.69) is 4.98 Å². The lowest BCUT2D eigenvalue weighted by Crippen LogP contribution is -2.44. The van der Waals surface area contributed by atoms with Crippen LogP contribution in [0.15, 0.2) is 18.3 Å². The molecule has 0 radical (unpaired) electrons. The summed E-state index contributed by atoms with van der Waals surface area (Å²) in [6.07, 6.45) is 1.12. The van der Waals surface area contributed by atoms with Crippen molar-refractivity contribution in [1.29, 1.82) is 0 Å². The first-order chi connectivity index (χ1) is 11.0. The summed E-state index contributed by atoms with van der Waals surface area (Å²) in [7, 11) is 0. The molecule has 1 fully saturated rings. The molecule has 14 heavy (non-hydrogen) atoms. The highest BCUT2D eigenvalue weighted by atomic mass is 15.2. The normalized spacial score (nSPS) is 45.4. The van der Waals surface area contributed by atoms with Crippen LogP contribution < -0.4 is 10.6 Å². The lowest BCUT2D eigenvalue weighted by molar-refractivity contribution is 0.313. The molecular weight excluding hydrogens is 176 g/mol. The first kappa shape index (κ1) is 2.85. The molecule has 1 aliphatic heterocycles. The van der Waals surface area contributed by atoms with Gasteiger partial charge < -0.3 is 15.5 Å². The van der Waals surface area contributed by atoms with Crippen LogP contribution in [0, 0.1) is 0 Å². The SMILES string of the molecule is [2H]C([2H])([2H])N1C([2H])([2H])C([2H])([2H])N(c2ccnc(N)c2)C([2H])([2H])C1([2H])[2H]. The monoisotopic (exact) mass is 203 g/mol. The van der Waals surface area contributed by atoms with Crippen molar-refractivity contribution in [2.24, 2.45) is 0 Å². The Hall–Kier alpha value is -1.29. The third-order valence-corrected chi connectivity index (χ3v) is 1.57. The number of hydrogen-bond donors (Lipinski definition) is 1. The summed E-state index contributed by atoms with van der Waals surface area (Å²) in [6, 6.07) is 2.18. The van der Waals surface area contributed by atoms with Gasteiger partial charge in [0.25, 0.3) is 0 Å². The highest BCUT2D eigenvalue weighted by Gasteiger charge is 2.13. The van der Waals surface area contributed by atoms with Crippen LogP contribution in [-0.4, -0.2) is 42.8 Å². The fraction of sp³-hybridized carbons (Fsp3) is 0.500. The van der Waals surface area contributed by atoms with E-state index >= 15 is 0 Å². The van der Waals surface area contributed by atoms with Crippen molar-refractivity contribution < 1.29 is 15.1 Å². The van der Waals surface area contributed by atoms with E-state index < -0.39 is 33.0 Å². The van der Waals surface area contributed by atoms with Gasteiger partial charge >= 0.3 is 0 Å². The summed E-state index contributed by atoms with van der Waals surface area (Å²) < 4.78 is 86.4. The topological polar surface area (TPSA) is 45.4 Å². The number of nitrogens with two attached hydrogens (primary N) is 1. The molecule has 0 atom stereocenters. The molecule has 1 aromatic heterocycles. The molecular formula is C10H16N4. The highest BCUT2D eigenvalue weighted by molar-refractivity contribution is 5.52. The number of aromatic nitrogens is 1. The van der Waals surface area contributed by atoms with Crippen LogP contribution in [0.5, 0.6) is 0 Å². The summed E-state index contributed by atoms with van der Waals surface area (Å²) in [5.41, 5.74) is 5.23. The van der Waals surface area contributed by atoms with Gasteiger partial charge in [-0.25, -0.2) is 4.98 Å². The van der Waals surface area contributed by atoms with Crippen molar-refractivity contribution in [1.82, 2.24) is 9.88 Å². The Labute approximate surface area is 99.8 Å². The molecule has 1 aromatic rings. The van der Waals surface area contributed by atoms with Crippen molar-refractivity contribution in [2.75, 3.05) is 43.6 Å². The van der Waals surface area contributed by atoms with Gasteiger partial charge in [0.2, 0.25) is 0 Å². The number of pyridine rings is 1. The van der Waals surface area contributed by atoms with E-state index in [-0.39, 0.29) is 21.3 Å². The molecule has 1 aliphatic rings. The van der Waals surface area contributed by atoms with Crippen LogP contribution in [0.1, 0.15) is 15.1 Å². The van der Waals surface area contributed by atoms with Gasteiger partial charge in [-0.2, -0.15) is 0 Å². The maximum Gasteiger partial charge on any atom is 0.125 e. The maximum atomic E-state index is 8.09. The molecule has 0 amide bonds. The van der Waals surface area contributed by atoms with Crippen LogP contribution in [0.2, 0.25) is 0 Å². The fourth-order valence-corrected chi connectivity index (χ4v) is 0.961. The van der Waals surface area contributed by atoms with E-state index in [9.17, 15) is 0 Å². The Kier molecular flexibility index (Phi) is 0.782. The van der Waals surface area contributed by atoms with Crippen LogP contribution in [0.3, 0.4) is 0 Å². The second-order valence-electron chi connectivity index (χ2n) is 2.56. The van der Waals surface area contributed by atoms with Crippen molar-refractivity contribution in [3.8, 4) is 0 Å². The Morgan fingerprint density at radius 3 is 2.93 bits per heavy atom. The van der Waals surface area contributed by atoms with Crippen molar-refractivity contribution in [3.05, 3.63) is 18.3 Å². The molecule has 2 rings (SSSR count). The fourth-order valence-electron chi connectivity index (χ4n) is 0.961. The number of anilines is 2. The van der Waals surface area contributed by atoms with Gasteiger partial charge in [0, 0.05) is 53.5 Å². The van der Waals surface area contributed by atoms with Crippen LogP contribution in [0.25, 0.3) is 0 Å². The molecule has 2 heterocycles. The zero-order valence-electron chi connectivity index (χ0n) is 18.2. The molecule has 4 heteroatoms. The summed E-state index contributed by atoms with van der Waals surface area (Å²) in [4.78, 5) is 3.52. The molecule has 0 aliphatic carbocycles. The average molecular weight is 203 g/mol. The number of rotatable bonds is 1. The first-order valence-corrected chi connectivity index (χ1v) is 3.81. The minimum absolute atomic E-state index is 0.122. The van der Waals surface area contributed by atoms with E-state index in [0.717, 1.165) is 18.3 Å². The second kappa shape index (κ2) is 3.84. The Bertz CT molecular complexity index is 643. The zero-order chi connectivity index (χ0) is 19.6. The number of piperazine rings is 1. The molecule has 0 saturated carbocycles. The van der Waals surface area contributed by atoms with E-state index in [0.29, 0.717) is 0 Å². The average Bonchev–Trinajstić information content (AvgIpc) is 2.33. The lowest BCUT2D eigenvalue weighted by atomic mass is 10.3. The number of nitrogen functional groups attached to an aromatic ring is 1. The van der Waals surface area contributed by atoms with Crippen molar-refractivity contribution in [2.45, 2.75) is 0 Å². The largest absolute Gasteiger partial charge is 0.384 e. The minimum Gasteiger partial charge on any atom is -0.384 e. The Morgan fingerprint density at radius 1 is 1.50 bits per heavy atom. The number of likely N-dealkylation sites (N-methyl/N-ethyl adjacent to an activating group) is 1. The number of hydrogen-bond acceptors (Lipinski definition) is 4. The van der Waals surface area contributed by atoms with E-state index in [1.54, 1.807) is 0 Å². The van der Waals surface area contributed by atoms with Gasteiger partial charge in [0.15, 0.2) is 0 Å². The van der Waals surface area contributed by atoms with E-state index in [4.69, 9.17) is 20.8 Å². The molecule has 2 N–H and O–H groups in total. The lowest BCUT2D eigenvalue weighted by Gasteiger charge is -2.34. The van der Waals surface area contributed by atoms with Crippen LogP contribution in [-0.2, 0) is 0 Å². The molecule has 76 valence electrons. The predicted molar refractivity (Wildman–Crippen MR) is 58.4 cm³/mol. The van der Waals surface area contributed by atoms with Gasteiger partial charge in [0.05, 0.1) is 5.48 Å². The van der Waals surface area contributed by atoms with Gasteiger partial charge in [0.1, 0.15) is 5.82 Å². The quantitative estimate of drug-likeness (QED) is 0.718. The summed E-state index contributed by atoms with van der Waals surface area (Å²) in [5, 5.41) is 0.